The second-order valence-corrected chi connectivity index (χ2v) is 10.5. The van der Waals surface area contributed by atoms with Crippen LogP contribution in [0.2, 0.25) is 0 Å². The standard InChI is InChI=1S/C24H41N3O16/c1-7(31)25-13-18(36)20(11(5-29)39-22(13)38)42-24-15(27-9(3)33)19(37)21(12(6-30)41-24)43-23-14(26-8(2)32)17(35)16(34)10(4-28)40-23/h10-24,28-30,34-38H,4-6H2,1-3H3,(H,25,31)(H,26,32)(H,27,33)/t10?,11?,12?,13?,14?,15?,16-,17+,18+,19+,20-,21-,22+,23-,24-/m0/s1. The second kappa shape index (κ2) is 15.3. The van der Waals surface area contributed by atoms with Gasteiger partial charge in [0.1, 0.15) is 73.1 Å². The zero-order valence-electron chi connectivity index (χ0n) is 23.6. The van der Waals surface area contributed by atoms with E-state index in [1.807, 2.05) is 0 Å². The normalized spacial score (nSPS) is 43.5. The molecule has 3 rings (SSSR count). The van der Waals surface area contributed by atoms with Crippen molar-refractivity contribution >= 4 is 17.7 Å². The number of carbonyl (C=O) groups excluding carboxylic acids is 3. The van der Waals surface area contributed by atoms with Crippen LogP contribution in [0.4, 0.5) is 0 Å². The highest BCUT2D eigenvalue weighted by Gasteiger charge is 2.54. The molecule has 248 valence electrons. The lowest BCUT2D eigenvalue weighted by Gasteiger charge is -2.49. The largest absolute Gasteiger partial charge is 0.394 e. The van der Waals surface area contributed by atoms with Gasteiger partial charge in [-0.3, -0.25) is 14.4 Å². The third kappa shape index (κ3) is 8.14. The summed E-state index contributed by atoms with van der Waals surface area (Å²) in [6.45, 7) is 0.995. The van der Waals surface area contributed by atoms with Gasteiger partial charge in [0, 0.05) is 20.8 Å². The lowest BCUT2D eigenvalue weighted by molar-refractivity contribution is -0.351. The van der Waals surface area contributed by atoms with Gasteiger partial charge in [0.15, 0.2) is 18.9 Å². The Hall–Kier alpha value is -2.11. The van der Waals surface area contributed by atoms with Gasteiger partial charge in [0.05, 0.1) is 19.8 Å². The van der Waals surface area contributed by atoms with E-state index in [4.69, 9.17) is 23.7 Å². The monoisotopic (exact) mass is 627 g/mol. The summed E-state index contributed by atoms with van der Waals surface area (Å²) in [6, 6.07) is -4.31. The molecule has 0 bridgehead atoms. The fraction of sp³-hybridized carbons (Fsp3) is 0.875. The average molecular weight is 628 g/mol. The van der Waals surface area contributed by atoms with E-state index in [0.29, 0.717) is 0 Å². The number of aliphatic hydroxyl groups excluding tert-OH is 8. The van der Waals surface area contributed by atoms with Crippen LogP contribution in [0.15, 0.2) is 0 Å². The van der Waals surface area contributed by atoms with Crippen molar-refractivity contribution in [1.29, 1.82) is 0 Å². The first-order valence-corrected chi connectivity index (χ1v) is 13.5. The molecule has 0 aliphatic carbocycles. The Labute approximate surface area is 245 Å². The number of hydrogen-bond donors (Lipinski definition) is 11. The van der Waals surface area contributed by atoms with Crippen LogP contribution in [0.1, 0.15) is 20.8 Å². The molecule has 11 N–H and O–H groups in total. The van der Waals surface area contributed by atoms with Crippen LogP contribution in [0, 0.1) is 0 Å². The van der Waals surface area contributed by atoms with Gasteiger partial charge in [0.2, 0.25) is 17.7 Å². The van der Waals surface area contributed by atoms with E-state index in [9.17, 15) is 55.2 Å². The maximum atomic E-state index is 12.1. The molecule has 3 amide bonds. The fourth-order valence-electron chi connectivity index (χ4n) is 5.28. The summed E-state index contributed by atoms with van der Waals surface area (Å²) in [4.78, 5) is 35.5. The Morgan fingerprint density at radius 2 is 0.930 bits per heavy atom. The summed E-state index contributed by atoms with van der Waals surface area (Å²) in [7, 11) is 0. The molecule has 15 atom stereocenters. The van der Waals surface area contributed by atoms with Gasteiger partial charge in [-0.25, -0.2) is 0 Å². The van der Waals surface area contributed by atoms with E-state index in [0.717, 1.165) is 20.8 Å². The Bertz CT molecular complexity index is 962. The summed E-state index contributed by atoms with van der Waals surface area (Å²) in [5.41, 5.74) is 0. The molecule has 0 aromatic carbocycles. The van der Waals surface area contributed by atoms with E-state index >= 15 is 0 Å². The van der Waals surface area contributed by atoms with Gasteiger partial charge in [-0.1, -0.05) is 0 Å². The molecule has 3 saturated heterocycles. The van der Waals surface area contributed by atoms with Crippen molar-refractivity contribution in [2.24, 2.45) is 0 Å². The van der Waals surface area contributed by atoms with Gasteiger partial charge >= 0.3 is 0 Å². The summed E-state index contributed by atoms with van der Waals surface area (Å²) >= 11 is 0. The number of rotatable bonds is 10. The number of nitrogens with one attached hydrogen (secondary N) is 3. The lowest BCUT2D eigenvalue weighted by atomic mass is 9.93. The predicted molar refractivity (Wildman–Crippen MR) is 136 cm³/mol. The zero-order chi connectivity index (χ0) is 32.2. The van der Waals surface area contributed by atoms with Crippen LogP contribution in [0.25, 0.3) is 0 Å². The SMILES string of the molecule is CC(=O)NC1[C@H](O[C@H]2C(CO)O[C@@H](O[C@H]3C(CO)O[C@@H](O)C(NC(C)=O)[C@H]3O)C(NC(C)=O)[C@H]2O)OC(CO)[C@H](O)[C@@H]1O. The number of ether oxygens (including phenoxy) is 5. The van der Waals surface area contributed by atoms with Crippen LogP contribution in [-0.4, -0.2) is 170 Å². The van der Waals surface area contributed by atoms with Gasteiger partial charge in [-0.15, -0.1) is 0 Å². The Kier molecular flexibility index (Phi) is 12.5. The number of aliphatic hydroxyl groups is 8. The van der Waals surface area contributed by atoms with E-state index in [1.54, 1.807) is 0 Å². The molecular weight excluding hydrogens is 586 g/mol. The second-order valence-electron chi connectivity index (χ2n) is 10.5. The minimum atomic E-state index is -1.77. The maximum absolute atomic E-state index is 12.1. The fourth-order valence-corrected chi connectivity index (χ4v) is 5.28. The zero-order valence-corrected chi connectivity index (χ0v) is 23.6. The highest BCUT2D eigenvalue weighted by atomic mass is 16.7. The highest BCUT2D eigenvalue weighted by Crippen LogP contribution is 2.32. The molecule has 3 aliphatic rings. The summed E-state index contributed by atoms with van der Waals surface area (Å²) < 4.78 is 28.3. The van der Waals surface area contributed by atoms with Crippen molar-refractivity contribution < 1.29 is 78.9 Å². The number of carbonyl (C=O) groups is 3. The minimum Gasteiger partial charge on any atom is -0.394 e. The van der Waals surface area contributed by atoms with Crippen LogP contribution < -0.4 is 16.0 Å². The third-order valence-electron chi connectivity index (χ3n) is 7.30. The Balaban J connectivity index is 1.89. The topological polar surface area (TPSA) is 295 Å². The molecular formula is C24H41N3O16. The molecule has 0 aromatic heterocycles. The minimum absolute atomic E-state index is 0.628. The molecule has 0 radical (unpaired) electrons. The van der Waals surface area contributed by atoms with E-state index in [1.165, 1.54) is 0 Å². The smallest absolute Gasteiger partial charge is 0.217 e. The average Bonchev–Trinajstić information content (AvgIpc) is 2.94. The van der Waals surface area contributed by atoms with Crippen molar-refractivity contribution in [3.05, 3.63) is 0 Å². The Morgan fingerprint density at radius 1 is 0.558 bits per heavy atom. The van der Waals surface area contributed by atoms with Gasteiger partial charge in [0.25, 0.3) is 0 Å². The molecule has 19 nitrogen and oxygen atoms in total. The lowest BCUT2D eigenvalue weighted by Crippen LogP contribution is -2.71. The first-order valence-electron chi connectivity index (χ1n) is 13.5. The Morgan fingerprint density at radius 3 is 1.37 bits per heavy atom. The van der Waals surface area contributed by atoms with Crippen LogP contribution in [-0.2, 0) is 38.1 Å². The van der Waals surface area contributed by atoms with E-state index in [-0.39, 0.29) is 0 Å². The first-order chi connectivity index (χ1) is 20.2. The number of amides is 3. The summed E-state index contributed by atoms with van der Waals surface area (Å²) in [5, 5.41) is 90.0. The molecule has 3 aliphatic heterocycles. The molecule has 0 aromatic rings. The van der Waals surface area contributed by atoms with Crippen molar-refractivity contribution in [1.82, 2.24) is 16.0 Å². The molecule has 19 heteroatoms. The van der Waals surface area contributed by atoms with Crippen LogP contribution in [0.5, 0.6) is 0 Å². The first kappa shape index (κ1) is 35.4. The molecule has 0 saturated carbocycles. The molecule has 3 heterocycles. The van der Waals surface area contributed by atoms with E-state index in [2.05, 4.69) is 16.0 Å². The highest BCUT2D eigenvalue weighted by molar-refractivity contribution is 5.74. The summed E-state index contributed by atoms with van der Waals surface area (Å²) in [5.74, 6) is -1.96. The van der Waals surface area contributed by atoms with Crippen LogP contribution in [0.3, 0.4) is 0 Å². The van der Waals surface area contributed by atoms with Crippen molar-refractivity contribution in [3.8, 4) is 0 Å². The van der Waals surface area contributed by atoms with E-state index < -0.39 is 129 Å². The molecule has 0 spiro atoms. The van der Waals surface area contributed by atoms with Gasteiger partial charge in [-0.05, 0) is 0 Å². The van der Waals surface area contributed by atoms with Gasteiger partial charge < -0.3 is 80.5 Å². The number of hydrogen-bond acceptors (Lipinski definition) is 16. The van der Waals surface area contributed by atoms with Crippen molar-refractivity contribution in [2.45, 2.75) is 113 Å². The summed E-state index contributed by atoms with van der Waals surface area (Å²) in [6.07, 6.45) is -19.0. The molecule has 3 fully saturated rings. The molecule has 43 heavy (non-hydrogen) atoms. The van der Waals surface area contributed by atoms with Crippen LogP contribution >= 0.6 is 0 Å². The quantitative estimate of drug-likeness (QED) is 0.107. The third-order valence-corrected chi connectivity index (χ3v) is 7.30. The van der Waals surface area contributed by atoms with Crippen molar-refractivity contribution in [2.75, 3.05) is 19.8 Å². The maximum Gasteiger partial charge on any atom is 0.217 e. The van der Waals surface area contributed by atoms with Gasteiger partial charge in [-0.2, -0.15) is 0 Å². The molecule has 6 unspecified atom stereocenters. The predicted octanol–water partition coefficient (Wildman–Crippen LogP) is -7.14. The van der Waals surface area contributed by atoms with Crippen molar-refractivity contribution in [3.63, 3.8) is 0 Å².